The van der Waals surface area contributed by atoms with Crippen LogP contribution in [0.25, 0.3) is 0 Å². The Balaban J connectivity index is 1.32. The van der Waals surface area contributed by atoms with Crippen LogP contribution in [-0.2, 0) is 50.1 Å². The predicted molar refractivity (Wildman–Crippen MR) is 112 cm³/mol. The van der Waals surface area contributed by atoms with Crippen LogP contribution in [0.5, 0.6) is 0 Å². The van der Waals surface area contributed by atoms with E-state index >= 15 is 0 Å². The van der Waals surface area contributed by atoms with Gasteiger partial charge in [0.1, 0.15) is 0 Å². The maximum absolute atomic E-state index is 9.05. The molecule has 2 heterocycles. The largest absolute Gasteiger partial charge is 0.390 e. The van der Waals surface area contributed by atoms with Gasteiger partial charge >= 0.3 is 0 Å². The summed E-state index contributed by atoms with van der Waals surface area (Å²) < 4.78 is 27.3. The Hall–Kier alpha value is -1.98. The van der Waals surface area contributed by atoms with Crippen LogP contribution < -0.4 is 0 Å². The smallest absolute Gasteiger partial charge is 0.0889 e. The molecule has 2 N–H and O–H groups in total. The highest BCUT2D eigenvalue weighted by Gasteiger charge is 1.99. The first-order valence-corrected chi connectivity index (χ1v) is 10.3. The zero-order valence-corrected chi connectivity index (χ0v) is 17.8. The highest BCUT2D eigenvalue weighted by atomic mass is 16.6. The fourth-order valence-corrected chi connectivity index (χ4v) is 2.53. The summed E-state index contributed by atoms with van der Waals surface area (Å²) in [5, 5.41) is 18.1. The van der Waals surface area contributed by atoms with Crippen molar-refractivity contribution in [3.8, 4) is 0 Å². The number of hydrogen-bond donors (Lipinski definition) is 2. The Labute approximate surface area is 182 Å². The van der Waals surface area contributed by atoms with Crippen molar-refractivity contribution in [3.05, 3.63) is 59.2 Å². The number of pyridine rings is 2. The van der Waals surface area contributed by atoms with Crippen LogP contribution in [0.15, 0.2) is 36.4 Å². The lowest BCUT2D eigenvalue weighted by Gasteiger charge is -2.08. The lowest BCUT2D eigenvalue weighted by Crippen LogP contribution is -2.13. The van der Waals surface area contributed by atoms with Crippen molar-refractivity contribution in [2.24, 2.45) is 0 Å². The third kappa shape index (κ3) is 11.8. The minimum atomic E-state index is -0.0748. The highest BCUT2D eigenvalue weighted by molar-refractivity contribution is 5.10. The summed E-state index contributed by atoms with van der Waals surface area (Å²) in [7, 11) is 0. The Bertz CT molecular complexity index is 658. The summed E-state index contributed by atoms with van der Waals surface area (Å²) in [6, 6.07) is 10.9. The molecule has 0 unspecified atom stereocenters. The number of hydrogen-bond acceptors (Lipinski definition) is 9. The SMILES string of the molecule is OCc1cccc(COCCOCCOCCOCCOCc2cccc(CO)n2)n1. The molecular weight excluding hydrogens is 404 g/mol. The van der Waals surface area contributed by atoms with Crippen LogP contribution >= 0.6 is 0 Å². The fraction of sp³-hybridized carbons (Fsp3) is 0.545. The molecule has 0 amide bonds. The molecule has 0 fully saturated rings. The van der Waals surface area contributed by atoms with Gasteiger partial charge < -0.3 is 33.9 Å². The third-order valence-electron chi connectivity index (χ3n) is 4.04. The van der Waals surface area contributed by atoms with Crippen LogP contribution in [0.3, 0.4) is 0 Å². The minimum Gasteiger partial charge on any atom is -0.390 e. The fourth-order valence-electron chi connectivity index (χ4n) is 2.53. The van der Waals surface area contributed by atoms with Gasteiger partial charge in [-0.05, 0) is 24.3 Å². The average Bonchev–Trinajstić information content (AvgIpc) is 2.81. The normalized spacial score (nSPS) is 11.2. The van der Waals surface area contributed by atoms with E-state index in [1.165, 1.54) is 0 Å². The van der Waals surface area contributed by atoms with Crippen LogP contribution in [0, 0.1) is 0 Å². The summed E-state index contributed by atoms with van der Waals surface area (Å²) in [6.07, 6.45) is 0. The van der Waals surface area contributed by atoms with Gasteiger partial charge in [0.05, 0.1) is 102 Å². The lowest BCUT2D eigenvalue weighted by atomic mass is 10.3. The maximum atomic E-state index is 9.05. The molecule has 9 nitrogen and oxygen atoms in total. The van der Waals surface area contributed by atoms with Crippen molar-refractivity contribution in [2.75, 3.05) is 52.9 Å². The Kier molecular flexibility index (Phi) is 13.6. The van der Waals surface area contributed by atoms with Crippen molar-refractivity contribution in [2.45, 2.75) is 26.4 Å². The Morgan fingerprint density at radius 2 is 0.806 bits per heavy atom. The summed E-state index contributed by atoms with van der Waals surface area (Å²) in [4.78, 5) is 8.49. The first-order chi connectivity index (χ1) is 15.3. The van der Waals surface area contributed by atoms with Gasteiger partial charge in [0.15, 0.2) is 0 Å². The second kappa shape index (κ2) is 16.7. The van der Waals surface area contributed by atoms with Gasteiger partial charge in [-0.25, -0.2) is 0 Å². The zero-order valence-electron chi connectivity index (χ0n) is 17.8. The molecule has 0 aliphatic rings. The van der Waals surface area contributed by atoms with Crippen LogP contribution in [-0.4, -0.2) is 73.0 Å². The van der Waals surface area contributed by atoms with Gasteiger partial charge in [-0.2, -0.15) is 0 Å². The average molecular weight is 437 g/mol. The number of nitrogens with zero attached hydrogens (tertiary/aromatic N) is 2. The first kappa shape index (κ1) is 25.3. The molecular formula is C22H32N2O7. The lowest BCUT2D eigenvalue weighted by molar-refractivity contribution is -0.0142. The van der Waals surface area contributed by atoms with Crippen molar-refractivity contribution in [1.29, 1.82) is 0 Å². The molecule has 0 atom stereocenters. The highest BCUT2D eigenvalue weighted by Crippen LogP contribution is 2.02. The molecule has 0 saturated heterocycles. The van der Waals surface area contributed by atoms with Crippen LogP contribution in [0.2, 0.25) is 0 Å². The van der Waals surface area contributed by atoms with E-state index in [4.69, 9.17) is 33.9 Å². The van der Waals surface area contributed by atoms with E-state index in [1.807, 2.05) is 24.3 Å². The quantitative estimate of drug-likeness (QED) is 0.333. The summed E-state index contributed by atoms with van der Waals surface area (Å²) in [5.74, 6) is 0. The van der Waals surface area contributed by atoms with E-state index in [0.29, 0.717) is 77.5 Å². The molecule has 9 heteroatoms. The summed E-state index contributed by atoms with van der Waals surface area (Å²) in [5.41, 5.74) is 2.83. The molecule has 0 bridgehead atoms. The second-order valence-corrected chi connectivity index (χ2v) is 6.50. The standard InChI is InChI=1S/C22H32N2O7/c25-15-19-3-1-5-21(23-19)17-30-13-11-28-9-7-27-8-10-29-12-14-31-18-22-6-2-4-20(16-26)24-22/h1-6,25-26H,7-18H2. The van der Waals surface area contributed by atoms with Crippen molar-refractivity contribution in [1.82, 2.24) is 9.97 Å². The van der Waals surface area contributed by atoms with Crippen molar-refractivity contribution >= 4 is 0 Å². The van der Waals surface area contributed by atoms with Gasteiger partial charge in [-0.3, -0.25) is 9.97 Å². The van der Waals surface area contributed by atoms with Gasteiger partial charge in [-0.1, -0.05) is 12.1 Å². The Morgan fingerprint density at radius 3 is 1.16 bits per heavy atom. The molecule has 0 aliphatic heterocycles. The minimum absolute atomic E-state index is 0.0748. The van der Waals surface area contributed by atoms with E-state index in [0.717, 1.165) is 11.4 Å². The summed E-state index contributed by atoms with van der Waals surface area (Å²) in [6.45, 7) is 4.49. The number of aromatic nitrogens is 2. The van der Waals surface area contributed by atoms with Crippen molar-refractivity contribution < 1.29 is 33.9 Å². The molecule has 0 aromatic carbocycles. The Morgan fingerprint density at radius 1 is 0.484 bits per heavy atom. The number of ether oxygens (including phenoxy) is 5. The van der Waals surface area contributed by atoms with E-state index in [1.54, 1.807) is 12.1 Å². The number of rotatable bonds is 18. The number of aliphatic hydroxyl groups excluding tert-OH is 2. The van der Waals surface area contributed by atoms with Gasteiger partial charge in [0.25, 0.3) is 0 Å². The molecule has 0 spiro atoms. The van der Waals surface area contributed by atoms with E-state index < -0.39 is 0 Å². The van der Waals surface area contributed by atoms with Gasteiger partial charge in [0, 0.05) is 0 Å². The molecule has 2 rings (SSSR count). The molecule has 2 aromatic heterocycles. The van der Waals surface area contributed by atoms with E-state index in [-0.39, 0.29) is 13.2 Å². The third-order valence-corrected chi connectivity index (χ3v) is 4.04. The van der Waals surface area contributed by atoms with E-state index in [9.17, 15) is 0 Å². The summed E-state index contributed by atoms with van der Waals surface area (Å²) >= 11 is 0. The van der Waals surface area contributed by atoms with Gasteiger partial charge in [-0.15, -0.1) is 0 Å². The van der Waals surface area contributed by atoms with E-state index in [2.05, 4.69) is 9.97 Å². The zero-order chi connectivity index (χ0) is 22.0. The predicted octanol–water partition coefficient (Wildman–Crippen LogP) is 1.24. The maximum Gasteiger partial charge on any atom is 0.0889 e. The van der Waals surface area contributed by atoms with Gasteiger partial charge in [0.2, 0.25) is 0 Å². The van der Waals surface area contributed by atoms with Crippen molar-refractivity contribution in [3.63, 3.8) is 0 Å². The molecule has 2 aromatic rings. The molecule has 172 valence electrons. The topological polar surface area (TPSA) is 112 Å². The second-order valence-electron chi connectivity index (χ2n) is 6.50. The number of aliphatic hydroxyl groups is 2. The molecule has 0 radical (unpaired) electrons. The van der Waals surface area contributed by atoms with Crippen LogP contribution in [0.1, 0.15) is 22.8 Å². The molecule has 0 saturated carbocycles. The molecule has 0 aliphatic carbocycles. The first-order valence-electron chi connectivity index (χ1n) is 10.3. The van der Waals surface area contributed by atoms with Crippen LogP contribution in [0.4, 0.5) is 0 Å². The monoisotopic (exact) mass is 436 g/mol. The molecule has 31 heavy (non-hydrogen) atoms.